The molecule has 0 aromatic heterocycles. The zero-order chi connectivity index (χ0) is 15.7. The number of hydrogen-bond acceptors (Lipinski definition) is 2. The van der Waals surface area contributed by atoms with Crippen LogP contribution in [0.4, 0.5) is 0 Å². The normalized spacial score (nSPS) is 11.4. The van der Waals surface area contributed by atoms with Crippen molar-refractivity contribution in [2.75, 3.05) is 20.2 Å². The minimum Gasteiger partial charge on any atom is -0.369 e. The Morgan fingerprint density at radius 3 is 1.91 bits per heavy atom. The molecule has 2 aromatic carbocycles. The van der Waals surface area contributed by atoms with E-state index in [9.17, 15) is 0 Å². The molecule has 0 aliphatic heterocycles. The molecule has 2 rings (SSSR count). The smallest absolute Gasteiger partial charge is 0.119 e. The monoisotopic (exact) mass is 331 g/mol. The molecule has 124 valence electrons. The van der Waals surface area contributed by atoms with E-state index in [1.54, 1.807) is 7.11 Å². The van der Waals surface area contributed by atoms with Crippen LogP contribution in [0.5, 0.6) is 0 Å². The molecule has 0 atom stereocenters. The number of hydrogen-bond donors (Lipinski definition) is 1. The Bertz CT molecular complexity index is 529. The molecule has 0 radical (unpaired) electrons. The molecular weight excluding hydrogens is 306 g/mol. The molecular formula is C20H26ClNO. The highest BCUT2D eigenvalue weighted by molar-refractivity contribution is 5.85. The van der Waals surface area contributed by atoms with Crippen molar-refractivity contribution in [3.63, 3.8) is 0 Å². The second-order valence-electron chi connectivity index (χ2n) is 5.29. The molecule has 0 spiro atoms. The summed E-state index contributed by atoms with van der Waals surface area (Å²) in [6.07, 6.45) is 5.07. The lowest BCUT2D eigenvalue weighted by Crippen LogP contribution is -2.34. The third kappa shape index (κ3) is 4.93. The predicted molar refractivity (Wildman–Crippen MR) is 100 cm³/mol. The van der Waals surface area contributed by atoms with Gasteiger partial charge in [0.25, 0.3) is 0 Å². The van der Waals surface area contributed by atoms with Gasteiger partial charge in [0.05, 0.1) is 0 Å². The van der Waals surface area contributed by atoms with E-state index < -0.39 is 5.60 Å². The molecule has 0 unspecified atom stereocenters. The highest BCUT2D eigenvalue weighted by Crippen LogP contribution is 2.36. The average Bonchev–Trinajstić information content (AvgIpc) is 2.60. The van der Waals surface area contributed by atoms with Gasteiger partial charge in [0.15, 0.2) is 0 Å². The molecule has 0 saturated carbocycles. The second kappa shape index (κ2) is 10.2. The number of methoxy groups -OCH3 is 1. The number of benzene rings is 2. The third-order valence-electron chi connectivity index (χ3n) is 3.98. The van der Waals surface area contributed by atoms with Crippen molar-refractivity contribution < 1.29 is 4.74 Å². The highest BCUT2D eigenvalue weighted by Gasteiger charge is 2.33. The zero-order valence-corrected chi connectivity index (χ0v) is 14.7. The summed E-state index contributed by atoms with van der Waals surface area (Å²) >= 11 is 0. The first-order valence-electron chi connectivity index (χ1n) is 7.81. The van der Waals surface area contributed by atoms with Gasteiger partial charge in [0, 0.05) is 13.7 Å². The van der Waals surface area contributed by atoms with Crippen LogP contribution >= 0.6 is 12.4 Å². The van der Waals surface area contributed by atoms with Gasteiger partial charge in [-0.25, -0.2) is 0 Å². The molecule has 0 saturated heterocycles. The van der Waals surface area contributed by atoms with Crippen molar-refractivity contribution in [2.24, 2.45) is 0 Å². The van der Waals surface area contributed by atoms with Crippen molar-refractivity contribution in [2.45, 2.75) is 18.9 Å². The molecule has 0 fully saturated rings. The van der Waals surface area contributed by atoms with Crippen LogP contribution < -0.4 is 5.32 Å². The van der Waals surface area contributed by atoms with Gasteiger partial charge in [0.1, 0.15) is 5.60 Å². The number of halogens is 1. The quantitative estimate of drug-likeness (QED) is 0.566. The minimum absolute atomic E-state index is 0. The molecule has 2 aromatic rings. The van der Waals surface area contributed by atoms with Crippen molar-refractivity contribution in [3.8, 4) is 0 Å². The molecule has 0 aliphatic carbocycles. The SMILES string of the molecule is CC=CCNCCC(OC)(c1ccccc1)c1ccccc1.Cl. The lowest BCUT2D eigenvalue weighted by molar-refractivity contribution is 0.0149. The number of nitrogens with one attached hydrogen (secondary N) is 1. The van der Waals surface area contributed by atoms with Gasteiger partial charge in [0.2, 0.25) is 0 Å². The molecule has 0 bridgehead atoms. The maximum atomic E-state index is 6.06. The summed E-state index contributed by atoms with van der Waals surface area (Å²) in [5.74, 6) is 0. The van der Waals surface area contributed by atoms with E-state index in [0.29, 0.717) is 0 Å². The van der Waals surface area contributed by atoms with Crippen LogP contribution in [0.25, 0.3) is 0 Å². The van der Waals surface area contributed by atoms with Crippen LogP contribution in [0.2, 0.25) is 0 Å². The zero-order valence-electron chi connectivity index (χ0n) is 13.9. The molecule has 0 amide bonds. The van der Waals surface area contributed by atoms with Gasteiger partial charge in [-0.2, -0.15) is 0 Å². The Kier molecular flexibility index (Phi) is 8.64. The Hall–Kier alpha value is -1.61. The van der Waals surface area contributed by atoms with Gasteiger partial charge in [-0.15, -0.1) is 12.4 Å². The molecule has 3 heteroatoms. The lowest BCUT2D eigenvalue weighted by atomic mass is 9.83. The average molecular weight is 332 g/mol. The highest BCUT2D eigenvalue weighted by atomic mass is 35.5. The Morgan fingerprint density at radius 2 is 1.48 bits per heavy atom. The van der Waals surface area contributed by atoms with E-state index in [1.807, 2.05) is 19.1 Å². The fraction of sp³-hybridized carbons (Fsp3) is 0.300. The molecule has 0 heterocycles. The minimum atomic E-state index is -0.411. The standard InChI is InChI=1S/C20H25NO.ClH/c1-3-4-16-21-17-15-20(22-2,18-11-7-5-8-12-18)19-13-9-6-10-14-19;/h3-14,21H,15-17H2,1-2H3;1H. The Balaban J connectivity index is 0.00000264. The molecule has 1 N–H and O–H groups in total. The van der Waals surface area contributed by atoms with Crippen molar-refractivity contribution in [1.82, 2.24) is 5.32 Å². The van der Waals surface area contributed by atoms with Crippen molar-refractivity contribution >= 4 is 12.4 Å². The number of rotatable bonds is 8. The van der Waals surface area contributed by atoms with E-state index in [1.165, 1.54) is 11.1 Å². The summed E-state index contributed by atoms with van der Waals surface area (Å²) in [5.41, 5.74) is 1.97. The first-order chi connectivity index (χ1) is 10.8. The lowest BCUT2D eigenvalue weighted by Gasteiger charge is -2.34. The van der Waals surface area contributed by atoms with E-state index in [-0.39, 0.29) is 12.4 Å². The maximum Gasteiger partial charge on any atom is 0.119 e. The van der Waals surface area contributed by atoms with E-state index in [4.69, 9.17) is 4.74 Å². The number of allylic oxidation sites excluding steroid dienone is 1. The third-order valence-corrected chi connectivity index (χ3v) is 3.98. The Labute approximate surface area is 146 Å². The van der Waals surface area contributed by atoms with E-state index >= 15 is 0 Å². The summed E-state index contributed by atoms with van der Waals surface area (Å²) in [5, 5.41) is 3.45. The topological polar surface area (TPSA) is 21.3 Å². The van der Waals surface area contributed by atoms with Crippen LogP contribution in [0.15, 0.2) is 72.8 Å². The first-order valence-corrected chi connectivity index (χ1v) is 7.81. The van der Waals surface area contributed by atoms with Crippen LogP contribution in [-0.2, 0) is 10.3 Å². The molecule has 0 aliphatic rings. The predicted octanol–water partition coefficient (Wildman–Crippen LogP) is 4.55. The van der Waals surface area contributed by atoms with Crippen LogP contribution in [0.1, 0.15) is 24.5 Å². The van der Waals surface area contributed by atoms with Gasteiger partial charge in [-0.05, 0) is 31.0 Å². The van der Waals surface area contributed by atoms with Crippen LogP contribution in [0.3, 0.4) is 0 Å². The van der Waals surface area contributed by atoms with Crippen LogP contribution in [-0.4, -0.2) is 20.2 Å². The molecule has 23 heavy (non-hydrogen) atoms. The van der Waals surface area contributed by atoms with Crippen molar-refractivity contribution in [1.29, 1.82) is 0 Å². The first kappa shape index (κ1) is 19.4. The largest absolute Gasteiger partial charge is 0.369 e. The van der Waals surface area contributed by atoms with Gasteiger partial charge in [-0.1, -0.05) is 72.8 Å². The summed E-state index contributed by atoms with van der Waals surface area (Å²) < 4.78 is 6.06. The summed E-state index contributed by atoms with van der Waals surface area (Å²) in [4.78, 5) is 0. The fourth-order valence-electron chi connectivity index (χ4n) is 2.78. The number of ether oxygens (including phenoxy) is 1. The summed E-state index contributed by atoms with van der Waals surface area (Å²) in [7, 11) is 1.80. The van der Waals surface area contributed by atoms with E-state index in [2.05, 4.69) is 66.0 Å². The van der Waals surface area contributed by atoms with E-state index in [0.717, 1.165) is 19.5 Å². The van der Waals surface area contributed by atoms with Gasteiger partial charge < -0.3 is 10.1 Å². The maximum absolute atomic E-state index is 6.06. The molecule has 2 nitrogen and oxygen atoms in total. The van der Waals surface area contributed by atoms with Gasteiger partial charge in [-0.3, -0.25) is 0 Å². The van der Waals surface area contributed by atoms with Crippen LogP contribution in [0, 0.1) is 0 Å². The summed E-state index contributed by atoms with van der Waals surface area (Å²) in [6, 6.07) is 20.9. The van der Waals surface area contributed by atoms with Gasteiger partial charge >= 0.3 is 0 Å². The summed E-state index contributed by atoms with van der Waals surface area (Å²) in [6.45, 7) is 3.82. The Morgan fingerprint density at radius 1 is 0.957 bits per heavy atom. The fourth-order valence-corrected chi connectivity index (χ4v) is 2.78. The van der Waals surface area contributed by atoms with Crippen molar-refractivity contribution in [3.05, 3.63) is 83.9 Å². The second-order valence-corrected chi connectivity index (χ2v) is 5.29.